The maximum atomic E-state index is 5.10. The Morgan fingerprint density at radius 1 is 0.512 bits per heavy atom. The third-order valence-corrected chi connectivity index (χ3v) is 9.31. The molecule has 9 rings (SSSR count). The smallest absolute Gasteiger partial charge is 0.145 e. The number of imidazole rings is 1. The van der Waals surface area contributed by atoms with Crippen molar-refractivity contribution < 1.29 is 0 Å². The monoisotopic (exact) mass is 551 g/mol. The van der Waals surface area contributed by atoms with Crippen LogP contribution < -0.4 is 0 Å². The largest absolute Gasteiger partial charge is 0.309 e. The van der Waals surface area contributed by atoms with E-state index < -0.39 is 0 Å². The molecule has 0 aliphatic heterocycles. The molecule has 0 saturated heterocycles. The molecule has 0 atom stereocenters. The van der Waals surface area contributed by atoms with Gasteiger partial charge in [0.25, 0.3) is 0 Å². The first-order chi connectivity index (χ1) is 21.1. The van der Waals surface area contributed by atoms with E-state index in [0.717, 1.165) is 33.8 Å². The van der Waals surface area contributed by atoms with E-state index in [1.165, 1.54) is 44.1 Å². The van der Waals surface area contributed by atoms with Gasteiger partial charge in [-0.1, -0.05) is 98.8 Å². The van der Waals surface area contributed by atoms with Crippen LogP contribution in [0.5, 0.6) is 0 Å². The Morgan fingerprint density at radius 3 is 2.02 bits per heavy atom. The summed E-state index contributed by atoms with van der Waals surface area (Å²) in [6.45, 7) is 4.74. The van der Waals surface area contributed by atoms with Crippen molar-refractivity contribution in [2.24, 2.45) is 0 Å². The fraction of sp³-hybridized carbons (Fsp3) is 0.0750. The first-order valence-corrected chi connectivity index (χ1v) is 14.9. The molecule has 0 bridgehead atoms. The van der Waals surface area contributed by atoms with Crippen LogP contribution >= 0.6 is 0 Å². The predicted molar refractivity (Wildman–Crippen MR) is 178 cm³/mol. The number of rotatable bonds is 3. The van der Waals surface area contributed by atoms with E-state index in [4.69, 9.17) is 4.98 Å². The number of hydrogen-bond donors (Lipinski definition) is 0. The van der Waals surface area contributed by atoms with Gasteiger partial charge in [-0.15, -0.1) is 0 Å². The van der Waals surface area contributed by atoms with Crippen LogP contribution in [0.1, 0.15) is 25.0 Å². The quantitative estimate of drug-likeness (QED) is 0.214. The summed E-state index contributed by atoms with van der Waals surface area (Å²) >= 11 is 0. The minimum Gasteiger partial charge on any atom is -0.309 e. The van der Waals surface area contributed by atoms with Gasteiger partial charge in [0.05, 0.1) is 22.1 Å². The minimum absolute atomic E-state index is 0.113. The third kappa shape index (κ3) is 3.33. The lowest BCUT2D eigenvalue weighted by Crippen LogP contribution is -2.16. The molecule has 0 saturated carbocycles. The lowest BCUT2D eigenvalue weighted by Gasteiger charge is -2.23. The summed E-state index contributed by atoms with van der Waals surface area (Å²) in [6, 6.07) is 50.2. The molecule has 3 nitrogen and oxygen atoms in total. The van der Waals surface area contributed by atoms with E-state index in [2.05, 4.69) is 163 Å². The third-order valence-electron chi connectivity index (χ3n) is 9.31. The van der Waals surface area contributed by atoms with Gasteiger partial charge in [-0.2, -0.15) is 0 Å². The second-order valence-corrected chi connectivity index (χ2v) is 12.0. The molecule has 43 heavy (non-hydrogen) atoms. The van der Waals surface area contributed by atoms with Gasteiger partial charge in [0, 0.05) is 33.1 Å². The lowest BCUT2D eigenvalue weighted by molar-refractivity contribution is 0.664. The molecule has 1 aliphatic rings. The Kier molecular flexibility index (Phi) is 4.95. The van der Waals surface area contributed by atoms with Crippen molar-refractivity contribution in [3.63, 3.8) is 0 Å². The van der Waals surface area contributed by atoms with Crippen LogP contribution in [-0.4, -0.2) is 14.1 Å². The molecule has 0 unspecified atom stereocenters. The van der Waals surface area contributed by atoms with Crippen LogP contribution in [-0.2, 0) is 5.41 Å². The molecule has 0 fully saturated rings. The second-order valence-electron chi connectivity index (χ2n) is 12.0. The first kappa shape index (κ1) is 24.2. The topological polar surface area (TPSA) is 22.8 Å². The molecule has 204 valence electrons. The molecule has 0 N–H and O–H groups in total. The molecule has 0 radical (unpaired) electrons. The molecule has 3 heteroatoms. The summed E-state index contributed by atoms with van der Waals surface area (Å²) in [7, 11) is 0. The van der Waals surface area contributed by atoms with Crippen LogP contribution in [0.3, 0.4) is 0 Å². The van der Waals surface area contributed by atoms with Crippen LogP contribution in [0, 0.1) is 0 Å². The number of benzene rings is 6. The highest BCUT2D eigenvalue weighted by atomic mass is 15.1. The Bertz CT molecular complexity index is 2350. The van der Waals surface area contributed by atoms with E-state index in [1.54, 1.807) is 0 Å². The second kappa shape index (κ2) is 8.80. The zero-order valence-electron chi connectivity index (χ0n) is 24.1. The summed E-state index contributed by atoms with van der Waals surface area (Å²) in [5.41, 5.74) is 13.3. The van der Waals surface area contributed by atoms with Gasteiger partial charge >= 0.3 is 0 Å². The highest BCUT2D eigenvalue weighted by Gasteiger charge is 2.38. The van der Waals surface area contributed by atoms with Crippen molar-refractivity contribution in [3.8, 4) is 33.9 Å². The predicted octanol–water partition coefficient (Wildman–Crippen LogP) is 10.1. The van der Waals surface area contributed by atoms with Gasteiger partial charge in [0.15, 0.2) is 0 Å². The average molecular weight is 552 g/mol. The molecule has 2 aromatic heterocycles. The van der Waals surface area contributed by atoms with Crippen molar-refractivity contribution in [2.75, 3.05) is 0 Å². The van der Waals surface area contributed by atoms with Crippen molar-refractivity contribution in [1.29, 1.82) is 0 Å². The van der Waals surface area contributed by atoms with E-state index in [1.807, 2.05) is 0 Å². The van der Waals surface area contributed by atoms with Crippen molar-refractivity contribution >= 4 is 32.8 Å². The SMILES string of the molecule is CC1(C)c2ccccc2-c2ccc3c4ccccc4n(-c4ccc(-c5nc6ccccc6n5-c5ccccc5)cc4)c3c21. The summed E-state index contributed by atoms with van der Waals surface area (Å²) in [4.78, 5) is 5.10. The maximum absolute atomic E-state index is 5.10. The first-order valence-electron chi connectivity index (χ1n) is 14.9. The number of fused-ring (bicyclic) bond motifs is 8. The molecule has 8 aromatic rings. The zero-order chi connectivity index (χ0) is 28.7. The Hall–Kier alpha value is -5.41. The highest BCUT2D eigenvalue weighted by molar-refractivity contribution is 6.13. The maximum Gasteiger partial charge on any atom is 0.145 e. The fourth-order valence-corrected chi connectivity index (χ4v) is 7.40. The lowest BCUT2D eigenvalue weighted by atomic mass is 9.81. The molecular formula is C40H29N3. The normalized spacial score (nSPS) is 13.5. The minimum atomic E-state index is -0.113. The summed E-state index contributed by atoms with van der Waals surface area (Å²) < 4.78 is 4.73. The van der Waals surface area contributed by atoms with Crippen molar-refractivity contribution in [2.45, 2.75) is 19.3 Å². The van der Waals surface area contributed by atoms with E-state index in [9.17, 15) is 0 Å². The van der Waals surface area contributed by atoms with Gasteiger partial charge in [0.1, 0.15) is 5.82 Å². The molecule has 1 aliphatic carbocycles. The number of hydrogen-bond acceptors (Lipinski definition) is 1. The number of para-hydroxylation sites is 4. The van der Waals surface area contributed by atoms with Crippen LogP contribution in [0.15, 0.2) is 140 Å². The molecule has 0 amide bonds. The molecule has 6 aromatic carbocycles. The van der Waals surface area contributed by atoms with Crippen LogP contribution in [0.25, 0.3) is 66.7 Å². The van der Waals surface area contributed by atoms with Crippen LogP contribution in [0.2, 0.25) is 0 Å². The Labute approximate surface area is 250 Å². The van der Waals surface area contributed by atoms with E-state index in [-0.39, 0.29) is 5.41 Å². The Balaban J connectivity index is 1.28. The number of nitrogens with zero attached hydrogens (tertiary/aromatic N) is 3. The summed E-state index contributed by atoms with van der Waals surface area (Å²) in [5.74, 6) is 0.943. The highest BCUT2D eigenvalue weighted by Crippen LogP contribution is 2.52. The molecule has 2 heterocycles. The van der Waals surface area contributed by atoms with Crippen LogP contribution in [0.4, 0.5) is 0 Å². The van der Waals surface area contributed by atoms with Crippen molar-refractivity contribution in [1.82, 2.24) is 14.1 Å². The standard InChI is InChI=1S/C40H29N3/c1-40(2)33-16-8-6-14-29(33)31-24-25-32-30-15-7-10-18-35(30)42(38(32)37(31)40)28-22-20-26(21-23-28)39-41-34-17-9-11-19-36(34)43(39)27-12-4-3-5-13-27/h3-25H,1-2H3. The fourth-order valence-electron chi connectivity index (χ4n) is 7.40. The Morgan fingerprint density at radius 2 is 1.19 bits per heavy atom. The zero-order valence-corrected chi connectivity index (χ0v) is 24.1. The van der Waals surface area contributed by atoms with Gasteiger partial charge in [0.2, 0.25) is 0 Å². The van der Waals surface area contributed by atoms with Gasteiger partial charge in [-0.05, 0) is 76.9 Å². The van der Waals surface area contributed by atoms with Gasteiger partial charge in [-0.25, -0.2) is 4.98 Å². The van der Waals surface area contributed by atoms with Gasteiger partial charge < -0.3 is 4.57 Å². The van der Waals surface area contributed by atoms with E-state index in [0.29, 0.717) is 0 Å². The van der Waals surface area contributed by atoms with Crippen molar-refractivity contribution in [3.05, 3.63) is 151 Å². The number of aromatic nitrogens is 3. The van der Waals surface area contributed by atoms with Gasteiger partial charge in [-0.3, -0.25) is 4.57 Å². The summed E-state index contributed by atoms with van der Waals surface area (Å²) in [6.07, 6.45) is 0. The molecule has 0 spiro atoms. The molecular weight excluding hydrogens is 522 g/mol. The summed E-state index contributed by atoms with van der Waals surface area (Å²) in [5, 5.41) is 2.58. The average Bonchev–Trinajstić information content (AvgIpc) is 3.68. The van der Waals surface area contributed by atoms with E-state index >= 15 is 0 Å².